The molecule has 0 aromatic heterocycles. The molecule has 4 N–H and O–H groups in total. The summed E-state index contributed by atoms with van der Waals surface area (Å²) in [6.07, 6.45) is -3.76. The van der Waals surface area contributed by atoms with E-state index in [1.165, 1.54) is 0 Å². The first-order valence-electron chi connectivity index (χ1n) is 3.92. The van der Waals surface area contributed by atoms with Crippen molar-refractivity contribution in [2.24, 2.45) is 0 Å². The van der Waals surface area contributed by atoms with Gasteiger partial charge in [-0.3, -0.25) is 0 Å². The second-order valence-electron chi connectivity index (χ2n) is 3.01. The van der Waals surface area contributed by atoms with Gasteiger partial charge in [-0.1, -0.05) is 6.92 Å². The third kappa shape index (κ3) is 1.46. The molecule has 5 nitrogen and oxygen atoms in total. The molecule has 0 aromatic rings. The van der Waals surface area contributed by atoms with E-state index in [1.807, 2.05) is 0 Å². The lowest BCUT2D eigenvalue weighted by atomic mass is 9.95. The maximum Gasteiger partial charge on any atom is 0.194 e. The van der Waals surface area contributed by atoms with Crippen LogP contribution in [0.25, 0.3) is 0 Å². The van der Waals surface area contributed by atoms with Gasteiger partial charge in [0, 0.05) is 6.42 Å². The average molecular weight is 178 g/mol. The monoisotopic (exact) mass is 178 g/mol. The van der Waals surface area contributed by atoms with Gasteiger partial charge in [0.25, 0.3) is 0 Å². The number of rotatable bonds is 1. The highest BCUT2D eigenvalue weighted by Crippen LogP contribution is 2.26. The summed E-state index contributed by atoms with van der Waals surface area (Å²) in [7, 11) is 0. The first-order chi connectivity index (χ1) is 5.51. The molecule has 72 valence electrons. The van der Waals surface area contributed by atoms with Crippen LogP contribution in [0.4, 0.5) is 0 Å². The van der Waals surface area contributed by atoms with Crippen molar-refractivity contribution in [1.82, 2.24) is 0 Å². The molecule has 0 spiro atoms. The van der Waals surface area contributed by atoms with Gasteiger partial charge in [0.15, 0.2) is 5.79 Å². The summed E-state index contributed by atoms with van der Waals surface area (Å²) in [6, 6.07) is 0. The quantitative estimate of drug-likeness (QED) is 0.380. The van der Waals surface area contributed by atoms with Crippen LogP contribution in [0.3, 0.4) is 0 Å². The molecule has 0 radical (unpaired) electrons. The zero-order valence-electron chi connectivity index (χ0n) is 6.84. The van der Waals surface area contributed by atoms with Gasteiger partial charge in [-0.15, -0.1) is 0 Å². The van der Waals surface area contributed by atoms with Gasteiger partial charge in [0.05, 0.1) is 6.61 Å². The molecular weight excluding hydrogens is 164 g/mol. The molecule has 0 saturated carbocycles. The molecule has 5 heteroatoms. The zero-order valence-corrected chi connectivity index (χ0v) is 6.84. The predicted molar refractivity (Wildman–Crippen MR) is 39.2 cm³/mol. The molecule has 1 unspecified atom stereocenters. The molecule has 0 amide bonds. The van der Waals surface area contributed by atoms with Gasteiger partial charge in [-0.25, -0.2) is 0 Å². The molecule has 1 fully saturated rings. The third-order valence-corrected chi connectivity index (χ3v) is 2.19. The first kappa shape index (κ1) is 9.88. The Kier molecular flexibility index (Phi) is 2.70. The summed E-state index contributed by atoms with van der Waals surface area (Å²) in [5.74, 6) is -1.72. The van der Waals surface area contributed by atoms with Crippen LogP contribution in [0.5, 0.6) is 0 Å². The van der Waals surface area contributed by atoms with E-state index in [0.29, 0.717) is 0 Å². The average Bonchev–Trinajstić information content (AvgIpc) is 2.09. The Balaban J connectivity index is 2.71. The van der Waals surface area contributed by atoms with Crippen LogP contribution < -0.4 is 0 Å². The molecule has 1 rings (SSSR count). The highest BCUT2D eigenvalue weighted by molar-refractivity contribution is 4.90. The van der Waals surface area contributed by atoms with Crippen LogP contribution in [0.15, 0.2) is 0 Å². The van der Waals surface area contributed by atoms with Crippen LogP contribution in [-0.2, 0) is 4.74 Å². The van der Waals surface area contributed by atoms with E-state index in [1.54, 1.807) is 6.92 Å². The lowest BCUT2D eigenvalue weighted by molar-refractivity contribution is -0.321. The minimum absolute atomic E-state index is 0.164. The molecule has 0 aliphatic carbocycles. The Hall–Kier alpha value is -0.200. The van der Waals surface area contributed by atoms with E-state index < -0.39 is 24.1 Å². The third-order valence-electron chi connectivity index (χ3n) is 2.19. The van der Waals surface area contributed by atoms with Crippen molar-refractivity contribution in [2.75, 3.05) is 6.61 Å². The van der Waals surface area contributed by atoms with Gasteiger partial charge in [-0.2, -0.15) is 0 Å². The summed E-state index contributed by atoms with van der Waals surface area (Å²) in [6.45, 7) is 1.45. The molecule has 1 aliphatic rings. The van der Waals surface area contributed by atoms with Gasteiger partial charge >= 0.3 is 0 Å². The van der Waals surface area contributed by atoms with E-state index in [2.05, 4.69) is 0 Å². The minimum atomic E-state index is -1.72. The SMILES string of the molecule is CCC1(O)OC[C@@H](O)[C@H](O)[C@H]1O. The Labute approximate surface area is 70.2 Å². The van der Waals surface area contributed by atoms with Crippen molar-refractivity contribution in [2.45, 2.75) is 37.4 Å². The van der Waals surface area contributed by atoms with Crippen molar-refractivity contribution in [3.8, 4) is 0 Å². The number of aliphatic hydroxyl groups is 4. The summed E-state index contributed by atoms with van der Waals surface area (Å²) in [5.41, 5.74) is 0. The smallest absolute Gasteiger partial charge is 0.194 e. The van der Waals surface area contributed by atoms with E-state index in [4.69, 9.17) is 9.84 Å². The molecule has 1 saturated heterocycles. The fourth-order valence-corrected chi connectivity index (χ4v) is 1.20. The zero-order chi connectivity index (χ0) is 9.35. The largest absolute Gasteiger partial charge is 0.388 e. The molecule has 0 bridgehead atoms. The highest BCUT2D eigenvalue weighted by atomic mass is 16.6. The number of hydrogen-bond donors (Lipinski definition) is 4. The van der Waals surface area contributed by atoms with Crippen LogP contribution in [0.2, 0.25) is 0 Å². The minimum Gasteiger partial charge on any atom is -0.388 e. The summed E-state index contributed by atoms with van der Waals surface area (Å²) in [5, 5.41) is 37.0. The number of aliphatic hydroxyl groups excluding tert-OH is 3. The second kappa shape index (κ2) is 3.27. The molecule has 1 aliphatic heterocycles. The topological polar surface area (TPSA) is 90.2 Å². The van der Waals surface area contributed by atoms with Crippen LogP contribution in [0.1, 0.15) is 13.3 Å². The highest BCUT2D eigenvalue weighted by Gasteiger charge is 2.46. The summed E-state index contributed by atoms with van der Waals surface area (Å²) >= 11 is 0. The Bertz CT molecular complexity index is 162. The standard InChI is InChI=1S/C7H14O5/c1-2-7(11)6(10)5(9)4(8)3-12-7/h4-6,8-11H,2-3H2,1H3/t4-,5+,6-,7?/m1/s1. The Morgan fingerprint density at radius 1 is 1.42 bits per heavy atom. The van der Waals surface area contributed by atoms with Crippen molar-refractivity contribution < 1.29 is 25.2 Å². The Morgan fingerprint density at radius 3 is 2.50 bits per heavy atom. The van der Waals surface area contributed by atoms with E-state index in [0.717, 1.165) is 0 Å². The normalized spacial score (nSPS) is 49.2. The van der Waals surface area contributed by atoms with Crippen molar-refractivity contribution in [1.29, 1.82) is 0 Å². The maximum atomic E-state index is 9.49. The fraction of sp³-hybridized carbons (Fsp3) is 1.00. The molecule has 1 heterocycles. The van der Waals surface area contributed by atoms with Crippen molar-refractivity contribution in [3.63, 3.8) is 0 Å². The van der Waals surface area contributed by atoms with Gasteiger partial charge in [0.2, 0.25) is 0 Å². The predicted octanol–water partition coefficient (Wildman–Crippen LogP) is -1.80. The summed E-state index contributed by atoms with van der Waals surface area (Å²) in [4.78, 5) is 0. The second-order valence-corrected chi connectivity index (χ2v) is 3.01. The fourth-order valence-electron chi connectivity index (χ4n) is 1.20. The lowest BCUT2D eigenvalue weighted by Gasteiger charge is -2.41. The first-order valence-corrected chi connectivity index (χ1v) is 3.92. The lowest BCUT2D eigenvalue weighted by Crippen LogP contribution is -2.60. The van der Waals surface area contributed by atoms with E-state index in [-0.39, 0.29) is 13.0 Å². The molecule has 0 aromatic carbocycles. The number of hydrogen-bond acceptors (Lipinski definition) is 5. The van der Waals surface area contributed by atoms with E-state index >= 15 is 0 Å². The molecule has 12 heavy (non-hydrogen) atoms. The molecular formula is C7H14O5. The van der Waals surface area contributed by atoms with Gasteiger partial charge in [-0.05, 0) is 0 Å². The maximum absolute atomic E-state index is 9.49. The van der Waals surface area contributed by atoms with Crippen LogP contribution >= 0.6 is 0 Å². The van der Waals surface area contributed by atoms with Crippen LogP contribution in [0, 0.1) is 0 Å². The Morgan fingerprint density at radius 2 is 2.00 bits per heavy atom. The van der Waals surface area contributed by atoms with E-state index in [9.17, 15) is 15.3 Å². The molecule has 4 atom stereocenters. The van der Waals surface area contributed by atoms with Crippen LogP contribution in [-0.4, -0.2) is 51.1 Å². The number of ether oxygens (including phenoxy) is 1. The summed E-state index contributed by atoms with van der Waals surface area (Å²) < 4.78 is 4.81. The van der Waals surface area contributed by atoms with Crippen molar-refractivity contribution in [3.05, 3.63) is 0 Å². The van der Waals surface area contributed by atoms with Gasteiger partial charge in [0.1, 0.15) is 18.3 Å². The van der Waals surface area contributed by atoms with Crippen molar-refractivity contribution >= 4 is 0 Å². The van der Waals surface area contributed by atoms with Gasteiger partial charge < -0.3 is 25.2 Å².